The summed E-state index contributed by atoms with van der Waals surface area (Å²) in [6.45, 7) is 11.2. The van der Waals surface area contributed by atoms with Gasteiger partial charge in [0.15, 0.2) is 5.82 Å². The summed E-state index contributed by atoms with van der Waals surface area (Å²) < 4.78 is 38.8. The molecule has 4 amide bonds. The van der Waals surface area contributed by atoms with Crippen LogP contribution in [0, 0.1) is 23.0 Å². The van der Waals surface area contributed by atoms with Crippen LogP contribution in [-0.2, 0) is 11.2 Å². The summed E-state index contributed by atoms with van der Waals surface area (Å²) in [6, 6.07) is 11.2. The van der Waals surface area contributed by atoms with Crippen molar-refractivity contribution >= 4 is 62.6 Å². The smallest absolute Gasteiger partial charge is 0.328 e. The number of aromatic hydroxyl groups is 1. The highest BCUT2D eigenvalue weighted by atomic mass is 35.5. The van der Waals surface area contributed by atoms with Crippen molar-refractivity contribution in [3.63, 3.8) is 0 Å². The predicted octanol–water partition coefficient (Wildman–Crippen LogP) is 7.54. The van der Waals surface area contributed by atoms with Crippen molar-refractivity contribution in [2.24, 2.45) is 11.3 Å². The molecule has 11 rings (SSSR count). The minimum Gasteiger partial charge on any atom is -0.508 e. The molecular weight excluding hydrogens is 930 g/mol. The molecule has 0 radical (unpaired) electrons. The number of hydrogen-bond donors (Lipinski definition) is 3. The van der Waals surface area contributed by atoms with Crippen LogP contribution in [0.5, 0.6) is 11.8 Å². The second kappa shape index (κ2) is 19.7. The summed E-state index contributed by atoms with van der Waals surface area (Å²) in [5.41, 5.74) is 1.69. The Bertz CT molecular complexity index is 2880. The van der Waals surface area contributed by atoms with Crippen LogP contribution in [-0.4, -0.2) is 143 Å². The Morgan fingerprint density at radius 2 is 1.69 bits per heavy atom. The first kappa shape index (κ1) is 47.6. The van der Waals surface area contributed by atoms with Crippen LogP contribution in [0.2, 0.25) is 5.02 Å². The number of likely N-dealkylation sites (tertiary alicyclic amines) is 1. The molecule has 374 valence electrons. The number of phenolic OH excluding ortho intramolecular Hbond substituents is 1. The van der Waals surface area contributed by atoms with Crippen LogP contribution in [0.25, 0.3) is 32.9 Å². The zero-order valence-electron chi connectivity index (χ0n) is 40.2. The van der Waals surface area contributed by atoms with Gasteiger partial charge in [0.05, 0.1) is 22.7 Å². The monoisotopic (exact) mass is 990 g/mol. The van der Waals surface area contributed by atoms with Gasteiger partial charge in [-0.25, -0.2) is 13.6 Å². The van der Waals surface area contributed by atoms with Crippen LogP contribution in [0.1, 0.15) is 80.6 Å². The Kier molecular flexibility index (Phi) is 13.2. The molecule has 0 spiro atoms. The van der Waals surface area contributed by atoms with E-state index >= 15 is 8.78 Å². The number of rotatable bonds is 14. The molecule has 71 heavy (non-hydrogen) atoms. The number of piperazine rings is 2. The van der Waals surface area contributed by atoms with Crippen LogP contribution < -0.4 is 25.2 Å². The molecule has 6 fully saturated rings. The molecule has 5 aromatic rings. The number of ether oxygens (including phenoxy) is 1. The number of aromatic nitrogens is 3. The highest BCUT2D eigenvalue weighted by Gasteiger charge is 2.45. The summed E-state index contributed by atoms with van der Waals surface area (Å²) >= 11 is 6.43. The molecule has 5 aliphatic heterocycles. The van der Waals surface area contributed by atoms with E-state index in [4.69, 9.17) is 26.3 Å². The van der Waals surface area contributed by atoms with E-state index in [9.17, 15) is 19.5 Å². The quantitative estimate of drug-likeness (QED) is 0.101. The zero-order valence-corrected chi connectivity index (χ0v) is 41.0. The van der Waals surface area contributed by atoms with Gasteiger partial charge in [0.25, 0.3) is 5.91 Å². The van der Waals surface area contributed by atoms with Crippen molar-refractivity contribution in [1.82, 2.24) is 40.3 Å². The van der Waals surface area contributed by atoms with Gasteiger partial charge >= 0.3 is 12.0 Å². The summed E-state index contributed by atoms with van der Waals surface area (Å²) in [6.07, 6.45) is 10.5. The number of carbonyl (C=O) groups is 3. The van der Waals surface area contributed by atoms with Gasteiger partial charge in [0.1, 0.15) is 28.6 Å². The van der Waals surface area contributed by atoms with E-state index in [0.717, 1.165) is 104 Å². The molecule has 3 N–H and O–H groups in total. The number of anilines is 2. The molecule has 1 saturated carbocycles. The molecule has 1 aliphatic carbocycles. The number of urea groups is 1. The van der Waals surface area contributed by atoms with Gasteiger partial charge in [-0.2, -0.15) is 9.97 Å². The summed E-state index contributed by atoms with van der Waals surface area (Å²) in [5, 5.41) is 18.7. The SMILES string of the molecule is CCc1c(F)ccc2cc(O)cc(-c3ncc4c(N5CC6CCC(C5)N6)nc(OCC5(CN6CCN(CCCC7CCN(C(=O)c8ccc(Cl)c(N9CCC(=O)NC9=O)c8)CC7)CC6)CC5)nc4c3F)c12. The number of nitrogens with one attached hydrogen (secondary N) is 2. The number of pyridine rings is 1. The third-order valence-electron chi connectivity index (χ3n) is 15.9. The molecule has 3 aromatic carbocycles. The Morgan fingerprint density at radius 1 is 0.930 bits per heavy atom. The fourth-order valence-electron chi connectivity index (χ4n) is 11.8. The first-order valence-electron chi connectivity index (χ1n) is 25.5. The molecule has 7 heterocycles. The van der Waals surface area contributed by atoms with Gasteiger partial charge in [-0.15, -0.1) is 0 Å². The van der Waals surface area contributed by atoms with Gasteiger partial charge in [-0.05, 0) is 123 Å². The molecule has 2 aromatic heterocycles. The Balaban J connectivity index is 0.693. The van der Waals surface area contributed by atoms with Crippen molar-refractivity contribution in [3.05, 3.63) is 76.4 Å². The second-order valence-electron chi connectivity index (χ2n) is 20.7. The summed E-state index contributed by atoms with van der Waals surface area (Å²) in [5.74, 6) is -0.362. The lowest BCUT2D eigenvalue weighted by Gasteiger charge is -2.37. The van der Waals surface area contributed by atoms with Gasteiger partial charge < -0.3 is 34.8 Å². The molecule has 6 aliphatic rings. The maximum atomic E-state index is 17.2. The molecule has 2 bridgehead atoms. The Labute approximate surface area is 416 Å². The third kappa shape index (κ3) is 9.82. The first-order valence-corrected chi connectivity index (χ1v) is 25.9. The van der Waals surface area contributed by atoms with Crippen LogP contribution in [0.3, 0.4) is 0 Å². The fraction of sp³-hybridized carbons (Fsp3) is 0.509. The normalized spacial score (nSPS) is 21.9. The third-order valence-corrected chi connectivity index (χ3v) is 16.3. The minimum absolute atomic E-state index is 0.0127. The van der Waals surface area contributed by atoms with E-state index in [2.05, 4.69) is 30.3 Å². The molecular formula is C53H61ClF2N10O5. The van der Waals surface area contributed by atoms with Crippen molar-refractivity contribution in [2.45, 2.75) is 83.2 Å². The van der Waals surface area contributed by atoms with E-state index in [0.29, 0.717) is 93.5 Å². The maximum Gasteiger partial charge on any atom is 0.328 e. The van der Waals surface area contributed by atoms with Gasteiger partial charge in [-0.3, -0.25) is 24.8 Å². The number of amides is 4. The van der Waals surface area contributed by atoms with E-state index in [1.807, 2.05) is 11.8 Å². The number of piperidine rings is 1. The number of hydrogen-bond acceptors (Lipinski definition) is 12. The number of halogens is 3. The van der Waals surface area contributed by atoms with Crippen LogP contribution in [0.4, 0.5) is 25.1 Å². The second-order valence-corrected chi connectivity index (χ2v) is 21.1. The van der Waals surface area contributed by atoms with E-state index in [1.54, 1.807) is 36.5 Å². The van der Waals surface area contributed by atoms with E-state index < -0.39 is 17.7 Å². The number of phenols is 1. The lowest BCUT2D eigenvalue weighted by molar-refractivity contribution is -0.120. The first-order chi connectivity index (χ1) is 34.4. The summed E-state index contributed by atoms with van der Waals surface area (Å²) in [4.78, 5) is 62.6. The standard InChI is InChI=1S/C53H61ClF2N10O5/c1-2-38-42(55)10-6-33-24-37(67)26-39(45(33)38)47-46(56)48-40(27-57-47)49(65-28-35-7-8-36(29-65)58-35)61-51(60-48)71-31-53(14-15-53)30-63-22-20-62(21-23-63)16-3-4-32-11-17-64(18-12-32)50(69)34-5-9-41(54)43(25-34)66-19-13-44(68)59-52(66)70/h5-6,9-10,24-27,32,35-36,58,67H,2-4,7-8,11-23,28-31H2,1H3,(H,59,68,70). The van der Waals surface area contributed by atoms with Gasteiger partial charge in [-0.1, -0.05) is 24.6 Å². The molecule has 2 unspecified atom stereocenters. The number of aryl methyl sites for hydroxylation is 1. The molecule has 2 atom stereocenters. The van der Waals surface area contributed by atoms with Crippen molar-refractivity contribution in [2.75, 3.05) is 88.4 Å². The van der Waals surface area contributed by atoms with Gasteiger partial charge in [0.2, 0.25) is 5.91 Å². The number of nitrogens with zero attached hydrogens (tertiary/aromatic N) is 8. The molecule has 18 heteroatoms. The maximum absolute atomic E-state index is 17.2. The number of fused-ring (bicyclic) bond motifs is 4. The van der Waals surface area contributed by atoms with Crippen LogP contribution >= 0.6 is 11.6 Å². The number of imide groups is 1. The molecule has 5 saturated heterocycles. The average molecular weight is 992 g/mol. The zero-order chi connectivity index (χ0) is 49.0. The summed E-state index contributed by atoms with van der Waals surface area (Å²) in [7, 11) is 0. The highest BCUT2D eigenvalue weighted by Crippen LogP contribution is 2.47. The molecule has 15 nitrogen and oxygen atoms in total. The fourth-order valence-corrected chi connectivity index (χ4v) is 12.0. The van der Waals surface area contributed by atoms with Crippen molar-refractivity contribution in [3.8, 4) is 23.0 Å². The average Bonchev–Trinajstić information content (AvgIpc) is 4.06. The topological polar surface area (TPSA) is 160 Å². The predicted molar refractivity (Wildman–Crippen MR) is 268 cm³/mol. The number of benzene rings is 3. The van der Waals surface area contributed by atoms with Crippen molar-refractivity contribution < 1.29 is 33.0 Å². The lowest BCUT2D eigenvalue weighted by Crippen LogP contribution is -2.51. The largest absolute Gasteiger partial charge is 0.508 e. The van der Waals surface area contributed by atoms with Crippen molar-refractivity contribution in [1.29, 1.82) is 0 Å². The highest BCUT2D eigenvalue weighted by molar-refractivity contribution is 6.34. The van der Waals surface area contributed by atoms with E-state index in [1.165, 1.54) is 17.0 Å². The minimum atomic E-state index is -0.665. The number of carbonyl (C=O) groups excluding carboxylic acids is 3. The van der Waals surface area contributed by atoms with E-state index in [-0.39, 0.29) is 53.2 Å². The van der Waals surface area contributed by atoms with Gasteiger partial charge in [0, 0.05) is 107 Å². The lowest BCUT2D eigenvalue weighted by atomic mass is 9.91. The Morgan fingerprint density at radius 3 is 2.42 bits per heavy atom. The van der Waals surface area contributed by atoms with Crippen LogP contribution in [0.15, 0.2) is 48.7 Å². The Hall–Kier alpha value is -5.75.